The zero-order valence-corrected chi connectivity index (χ0v) is 17.2. The predicted octanol–water partition coefficient (Wildman–Crippen LogP) is 2.65. The summed E-state index contributed by atoms with van der Waals surface area (Å²) in [7, 11) is 0. The normalized spacial score (nSPS) is 17.9. The van der Waals surface area contributed by atoms with E-state index in [4.69, 9.17) is 4.74 Å². The molecular formula is C23H24N4O3. The Bertz CT molecular complexity index is 1220. The van der Waals surface area contributed by atoms with E-state index in [-0.39, 0.29) is 18.0 Å². The number of amides is 1. The van der Waals surface area contributed by atoms with Crippen LogP contribution in [0.2, 0.25) is 0 Å². The molecule has 30 heavy (non-hydrogen) atoms. The highest BCUT2D eigenvalue weighted by molar-refractivity contribution is 5.95. The van der Waals surface area contributed by atoms with Gasteiger partial charge in [0.1, 0.15) is 25.2 Å². The zero-order valence-electron chi connectivity index (χ0n) is 17.2. The highest BCUT2D eigenvalue weighted by atomic mass is 16.5. The standard InChI is InChI=1S/C23H24N4O3/c1-14-3-5-18-16(9-14)11-17-22(25-18)24-13-26(23(17)29)12-21(28)27-7-8-30-20-6-4-15(2)10-19(20)27/h4,6,10-11,13-14H,3,5,7-9,12H2,1-2H3/t14-/m1/s1. The summed E-state index contributed by atoms with van der Waals surface area (Å²) in [5, 5.41) is 0.483. The summed E-state index contributed by atoms with van der Waals surface area (Å²) in [5.74, 6) is 1.11. The Morgan fingerprint density at radius 1 is 1.30 bits per heavy atom. The minimum Gasteiger partial charge on any atom is -0.490 e. The van der Waals surface area contributed by atoms with Crippen LogP contribution in [0.25, 0.3) is 11.0 Å². The number of hydrogen-bond donors (Lipinski definition) is 0. The van der Waals surface area contributed by atoms with Gasteiger partial charge in [-0.25, -0.2) is 9.97 Å². The molecule has 5 rings (SSSR count). The summed E-state index contributed by atoms with van der Waals surface area (Å²) < 4.78 is 7.05. The van der Waals surface area contributed by atoms with E-state index in [1.807, 2.05) is 31.2 Å². The third kappa shape index (κ3) is 3.24. The minimum atomic E-state index is -0.223. The molecule has 1 aliphatic heterocycles. The molecule has 1 aliphatic carbocycles. The lowest BCUT2D eigenvalue weighted by molar-refractivity contribution is -0.119. The molecule has 0 radical (unpaired) electrons. The van der Waals surface area contributed by atoms with Gasteiger partial charge in [0.2, 0.25) is 5.91 Å². The lowest BCUT2D eigenvalue weighted by atomic mass is 9.87. The van der Waals surface area contributed by atoms with Crippen LogP contribution in [0.3, 0.4) is 0 Å². The number of benzene rings is 1. The maximum atomic E-state index is 13.1. The van der Waals surface area contributed by atoms with E-state index >= 15 is 0 Å². The smallest absolute Gasteiger partial charge is 0.263 e. The van der Waals surface area contributed by atoms with Gasteiger partial charge in [-0.1, -0.05) is 13.0 Å². The number of ether oxygens (including phenoxy) is 1. The molecule has 0 bridgehead atoms. The average Bonchev–Trinajstić information content (AvgIpc) is 2.74. The van der Waals surface area contributed by atoms with Gasteiger partial charge >= 0.3 is 0 Å². The van der Waals surface area contributed by atoms with E-state index in [0.717, 1.165) is 41.8 Å². The lowest BCUT2D eigenvalue weighted by Crippen LogP contribution is -2.41. The second kappa shape index (κ2) is 7.23. The number of nitrogens with zero attached hydrogens (tertiary/aromatic N) is 4. The molecule has 3 aromatic rings. The monoisotopic (exact) mass is 404 g/mol. The number of anilines is 1. The number of hydrogen-bond acceptors (Lipinski definition) is 5. The molecule has 7 nitrogen and oxygen atoms in total. The number of rotatable bonds is 2. The first-order chi connectivity index (χ1) is 14.5. The Labute approximate surface area is 174 Å². The summed E-state index contributed by atoms with van der Waals surface area (Å²) in [6.07, 6.45) is 4.39. The maximum absolute atomic E-state index is 13.1. The molecule has 0 fully saturated rings. The van der Waals surface area contributed by atoms with Gasteiger partial charge in [-0.2, -0.15) is 0 Å². The number of aromatic nitrogens is 3. The number of pyridine rings is 1. The van der Waals surface area contributed by atoms with Gasteiger partial charge in [-0.05, 0) is 61.4 Å². The van der Waals surface area contributed by atoms with E-state index in [0.29, 0.717) is 35.9 Å². The molecule has 1 atom stereocenters. The molecule has 0 saturated carbocycles. The Hall–Kier alpha value is -3.22. The van der Waals surface area contributed by atoms with Crippen molar-refractivity contribution >= 4 is 22.6 Å². The van der Waals surface area contributed by atoms with Crippen molar-refractivity contribution in [2.45, 2.75) is 39.7 Å². The fourth-order valence-corrected chi connectivity index (χ4v) is 4.35. The van der Waals surface area contributed by atoms with Crippen LogP contribution >= 0.6 is 0 Å². The van der Waals surface area contributed by atoms with Crippen molar-refractivity contribution in [3.63, 3.8) is 0 Å². The Morgan fingerprint density at radius 2 is 2.17 bits per heavy atom. The van der Waals surface area contributed by atoms with Crippen molar-refractivity contribution in [3.8, 4) is 5.75 Å². The zero-order chi connectivity index (χ0) is 20.8. The molecule has 0 spiro atoms. The van der Waals surface area contributed by atoms with Crippen molar-refractivity contribution < 1.29 is 9.53 Å². The molecule has 154 valence electrons. The molecule has 1 aromatic carbocycles. The van der Waals surface area contributed by atoms with Crippen molar-refractivity contribution in [2.24, 2.45) is 5.92 Å². The van der Waals surface area contributed by atoms with Crippen molar-refractivity contribution in [1.29, 1.82) is 0 Å². The first kappa shape index (κ1) is 18.8. The minimum absolute atomic E-state index is 0.0668. The molecule has 0 unspecified atom stereocenters. The van der Waals surface area contributed by atoms with Crippen molar-refractivity contribution in [3.05, 3.63) is 57.8 Å². The van der Waals surface area contributed by atoms with E-state index in [9.17, 15) is 9.59 Å². The molecule has 2 aromatic heterocycles. The number of aryl methyl sites for hydroxylation is 2. The quantitative estimate of drug-likeness (QED) is 0.656. The Kier molecular flexibility index (Phi) is 4.53. The van der Waals surface area contributed by atoms with Crippen LogP contribution in [0.5, 0.6) is 5.75 Å². The topological polar surface area (TPSA) is 77.3 Å². The summed E-state index contributed by atoms with van der Waals surface area (Å²) in [6.45, 7) is 5.01. The number of carbonyl (C=O) groups is 1. The largest absolute Gasteiger partial charge is 0.490 e. The third-order valence-electron chi connectivity index (χ3n) is 6.01. The maximum Gasteiger partial charge on any atom is 0.263 e. The summed E-state index contributed by atoms with van der Waals surface area (Å²) in [4.78, 5) is 36.9. The third-order valence-corrected chi connectivity index (χ3v) is 6.01. The van der Waals surface area contributed by atoms with Crippen molar-refractivity contribution in [2.75, 3.05) is 18.1 Å². The molecule has 3 heterocycles. The van der Waals surface area contributed by atoms with Gasteiger partial charge in [-0.15, -0.1) is 0 Å². The summed E-state index contributed by atoms with van der Waals surface area (Å²) >= 11 is 0. The van der Waals surface area contributed by atoms with E-state index in [2.05, 4.69) is 16.9 Å². The van der Waals surface area contributed by atoms with Gasteiger partial charge in [-0.3, -0.25) is 14.2 Å². The van der Waals surface area contributed by atoms with Gasteiger partial charge < -0.3 is 9.64 Å². The van der Waals surface area contributed by atoms with Crippen LogP contribution in [-0.4, -0.2) is 33.6 Å². The first-order valence-electron chi connectivity index (χ1n) is 10.4. The van der Waals surface area contributed by atoms with E-state index in [1.165, 1.54) is 10.9 Å². The molecular weight excluding hydrogens is 380 g/mol. The number of fused-ring (bicyclic) bond motifs is 3. The fourth-order valence-electron chi connectivity index (χ4n) is 4.35. The van der Waals surface area contributed by atoms with Crippen LogP contribution < -0.4 is 15.2 Å². The molecule has 2 aliphatic rings. The first-order valence-corrected chi connectivity index (χ1v) is 10.4. The average molecular weight is 404 g/mol. The van der Waals surface area contributed by atoms with Crippen LogP contribution in [0.15, 0.2) is 35.4 Å². The van der Waals surface area contributed by atoms with Crippen LogP contribution in [-0.2, 0) is 24.2 Å². The van der Waals surface area contributed by atoms with Crippen LogP contribution in [0, 0.1) is 12.8 Å². The molecule has 1 amide bonds. The number of carbonyl (C=O) groups excluding carboxylic acids is 1. The summed E-state index contributed by atoms with van der Waals surface area (Å²) in [6, 6.07) is 7.70. The molecule has 0 saturated heterocycles. The van der Waals surface area contributed by atoms with Crippen LogP contribution in [0.4, 0.5) is 5.69 Å². The molecule has 7 heteroatoms. The van der Waals surface area contributed by atoms with E-state index in [1.54, 1.807) is 4.90 Å². The predicted molar refractivity (Wildman–Crippen MR) is 114 cm³/mol. The summed E-state index contributed by atoms with van der Waals surface area (Å²) in [5.41, 5.74) is 4.21. The lowest BCUT2D eigenvalue weighted by Gasteiger charge is -2.30. The van der Waals surface area contributed by atoms with Gasteiger partial charge in [0.25, 0.3) is 5.56 Å². The second-order valence-electron chi connectivity index (χ2n) is 8.36. The fraction of sp³-hybridized carbons (Fsp3) is 0.391. The van der Waals surface area contributed by atoms with Gasteiger partial charge in [0.05, 0.1) is 17.6 Å². The molecule has 0 N–H and O–H groups in total. The highest BCUT2D eigenvalue weighted by Gasteiger charge is 2.25. The van der Waals surface area contributed by atoms with Crippen molar-refractivity contribution in [1.82, 2.24) is 14.5 Å². The Morgan fingerprint density at radius 3 is 3.03 bits per heavy atom. The SMILES string of the molecule is Cc1ccc2c(c1)N(C(=O)Cn1cnc3nc4c(cc3c1=O)C[C@H](C)CC4)CCO2. The van der Waals surface area contributed by atoms with Crippen LogP contribution in [0.1, 0.15) is 30.2 Å². The van der Waals surface area contributed by atoms with Gasteiger partial charge in [0.15, 0.2) is 5.65 Å². The van der Waals surface area contributed by atoms with Gasteiger partial charge in [0, 0.05) is 5.69 Å². The Balaban J connectivity index is 1.48. The second-order valence-corrected chi connectivity index (χ2v) is 8.36. The highest BCUT2D eigenvalue weighted by Crippen LogP contribution is 2.32. The van der Waals surface area contributed by atoms with E-state index < -0.39 is 0 Å².